The lowest BCUT2D eigenvalue weighted by Crippen LogP contribution is -2.53. The first-order chi connectivity index (χ1) is 17.4. The summed E-state index contributed by atoms with van der Waals surface area (Å²) in [7, 11) is 1.72. The van der Waals surface area contributed by atoms with Crippen molar-refractivity contribution in [1.82, 2.24) is 19.0 Å². The first-order valence-electron chi connectivity index (χ1n) is 13.3. The fourth-order valence-corrected chi connectivity index (χ4v) is 7.05. The Balaban J connectivity index is 1.46. The number of benzene rings is 1. The van der Waals surface area contributed by atoms with E-state index in [0.717, 1.165) is 62.0 Å². The predicted octanol–water partition coefficient (Wildman–Crippen LogP) is 2.04. The van der Waals surface area contributed by atoms with E-state index >= 15 is 0 Å². The second-order valence-electron chi connectivity index (χ2n) is 10.8. The molecule has 2 amide bonds. The summed E-state index contributed by atoms with van der Waals surface area (Å²) in [5.74, 6) is 0.146. The van der Waals surface area contributed by atoms with Crippen LogP contribution in [0.4, 0.5) is 0 Å². The molecule has 0 saturated carbocycles. The smallest absolute Gasteiger partial charge is 0.248 e. The third-order valence-corrected chi connectivity index (χ3v) is 9.93. The quantitative estimate of drug-likeness (QED) is 0.449. The van der Waals surface area contributed by atoms with Crippen molar-refractivity contribution >= 4 is 21.8 Å². The molecule has 2 aliphatic heterocycles. The number of sulfonamides is 1. The van der Waals surface area contributed by atoms with Crippen molar-refractivity contribution in [3.05, 3.63) is 28.8 Å². The number of likely N-dealkylation sites (tertiary alicyclic amines) is 2. The zero-order valence-corrected chi connectivity index (χ0v) is 24.1. The van der Waals surface area contributed by atoms with Gasteiger partial charge < -0.3 is 19.4 Å². The zero-order valence-electron chi connectivity index (χ0n) is 23.3. The summed E-state index contributed by atoms with van der Waals surface area (Å²) in [5.41, 5.74) is 2.46. The molecule has 0 aromatic heterocycles. The Morgan fingerprint density at radius 2 is 1.65 bits per heavy atom. The number of carbonyl (C=O) groups excluding carboxylic acids is 2. The van der Waals surface area contributed by atoms with Gasteiger partial charge in [0, 0.05) is 45.7 Å². The van der Waals surface area contributed by atoms with Gasteiger partial charge in [0.2, 0.25) is 21.8 Å². The van der Waals surface area contributed by atoms with E-state index in [0.29, 0.717) is 11.4 Å². The third-order valence-electron chi connectivity index (χ3n) is 7.77. The standard InChI is InChI=1S/C27H44N4O5S/c1-20-16-21(2)26(22(3)17-20)37(34,35)29(5)14-15-36-19-25(32)30(6)24-8-7-11-31(18-24)27(33)23-9-12-28(4)13-10-23/h16-17,23-24H,7-15,18-19H2,1-6H3. The fraction of sp³-hybridized carbons (Fsp3) is 0.704. The van der Waals surface area contributed by atoms with Crippen LogP contribution in [0.3, 0.4) is 0 Å². The maximum atomic E-state index is 13.1. The Morgan fingerprint density at radius 3 is 2.27 bits per heavy atom. The summed E-state index contributed by atoms with van der Waals surface area (Å²) in [6.07, 6.45) is 3.52. The first kappa shape index (κ1) is 29.5. The van der Waals surface area contributed by atoms with E-state index in [9.17, 15) is 18.0 Å². The number of rotatable bonds is 9. The molecule has 9 nitrogen and oxygen atoms in total. The van der Waals surface area contributed by atoms with Crippen molar-refractivity contribution in [2.24, 2.45) is 5.92 Å². The molecule has 1 unspecified atom stereocenters. The lowest BCUT2D eigenvalue weighted by Gasteiger charge is -2.40. The van der Waals surface area contributed by atoms with Crippen LogP contribution in [-0.4, -0.2) is 112 Å². The summed E-state index contributed by atoms with van der Waals surface area (Å²) >= 11 is 0. The van der Waals surface area contributed by atoms with Crippen LogP contribution < -0.4 is 0 Å². The molecule has 1 atom stereocenters. The average molecular weight is 537 g/mol. The molecule has 0 bridgehead atoms. The van der Waals surface area contributed by atoms with Gasteiger partial charge in [0.25, 0.3) is 0 Å². The highest BCUT2D eigenvalue weighted by Gasteiger charge is 2.33. The molecule has 2 heterocycles. The molecular weight excluding hydrogens is 492 g/mol. The Bertz CT molecular complexity index is 1050. The Morgan fingerprint density at radius 1 is 1.03 bits per heavy atom. The van der Waals surface area contributed by atoms with E-state index < -0.39 is 10.0 Å². The second kappa shape index (κ2) is 12.7. The molecule has 1 aromatic rings. The monoisotopic (exact) mass is 536 g/mol. The van der Waals surface area contributed by atoms with Crippen molar-refractivity contribution in [2.45, 2.75) is 57.4 Å². The normalized spacial score (nSPS) is 19.9. The number of nitrogens with zero attached hydrogens (tertiary/aromatic N) is 4. The van der Waals surface area contributed by atoms with Gasteiger partial charge in [-0.15, -0.1) is 0 Å². The van der Waals surface area contributed by atoms with Crippen LogP contribution in [0.15, 0.2) is 17.0 Å². The average Bonchev–Trinajstić information content (AvgIpc) is 2.85. The van der Waals surface area contributed by atoms with Gasteiger partial charge in [-0.2, -0.15) is 4.31 Å². The van der Waals surface area contributed by atoms with Crippen molar-refractivity contribution in [3.63, 3.8) is 0 Å². The number of carbonyl (C=O) groups is 2. The minimum atomic E-state index is -3.66. The van der Waals surface area contributed by atoms with Crippen molar-refractivity contribution in [3.8, 4) is 0 Å². The number of hydrogen-bond donors (Lipinski definition) is 0. The number of likely N-dealkylation sites (N-methyl/N-ethyl adjacent to an activating group) is 2. The van der Waals surface area contributed by atoms with E-state index in [1.807, 2.05) is 24.0 Å². The third kappa shape index (κ3) is 7.31. The van der Waals surface area contributed by atoms with E-state index in [1.165, 1.54) is 11.4 Å². The molecule has 10 heteroatoms. The molecule has 0 N–H and O–H groups in total. The van der Waals surface area contributed by atoms with E-state index in [-0.39, 0.29) is 43.5 Å². The van der Waals surface area contributed by atoms with Gasteiger partial charge in [0.05, 0.1) is 11.5 Å². The predicted molar refractivity (Wildman–Crippen MR) is 144 cm³/mol. The van der Waals surface area contributed by atoms with Crippen LogP contribution in [0, 0.1) is 26.7 Å². The molecule has 2 saturated heterocycles. The second-order valence-corrected chi connectivity index (χ2v) is 12.8. The van der Waals surface area contributed by atoms with Crippen molar-refractivity contribution in [2.75, 3.05) is 67.1 Å². The van der Waals surface area contributed by atoms with Crippen LogP contribution in [0.1, 0.15) is 42.4 Å². The lowest BCUT2D eigenvalue weighted by molar-refractivity contribution is -0.144. The maximum absolute atomic E-state index is 13.1. The molecule has 2 fully saturated rings. The number of hydrogen-bond acceptors (Lipinski definition) is 6. The molecule has 0 aliphatic carbocycles. The highest BCUT2D eigenvalue weighted by Crippen LogP contribution is 2.25. The molecule has 0 radical (unpaired) electrons. The number of ether oxygens (including phenoxy) is 1. The number of amides is 2. The number of aryl methyl sites for hydroxylation is 3. The summed E-state index contributed by atoms with van der Waals surface area (Å²) in [4.78, 5) is 32.0. The highest BCUT2D eigenvalue weighted by atomic mass is 32.2. The van der Waals surface area contributed by atoms with E-state index in [2.05, 4.69) is 11.9 Å². The maximum Gasteiger partial charge on any atom is 0.248 e. The van der Waals surface area contributed by atoms with Gasteiger partial charge in [0.1, 0.15) is 6.61 Å². The lowest BCUT2D eigenvalue weighted by atomic mass is 9.94. The van der Waals surface area contributed by atoms with Gasteiger partial charge in [-0.1, -0.05) is 17.7 Å². The molecular formula is C27H44N4O5S. The Hall–Kier alpha value is -2.01. The van der Waals surface area contributed by atoms with Crippen LogP contribution in [0.5, 0.6) is 0 Å². The van der Waals surface area contributed by atoms with Crippen LogP contribution >= 0.6 is 0 Å². The van der Waals surface area contributed by atoms with Crippen LogP contribution in [-0.2, 0) is 24.3 Å². The van der Waals surface area contributed by atoms with E-state index in [4.69, 9.17) is 4.74 Å². The fourth-order valence-electron chi connectivity index (χ4n) is 5.49. The van der Waals surface area contributed by atoms with Crippen LogP contribution in [0.2, 0.25) is 0 Å². The van der Waals surface area contributed by atoms with Gasteiger partial charge in [-0.25, -0.2) is 8.42 Å². The molecule has 37 heavy (non-hydrogen) atoms. The van der Waals surface area contributed by atoms with Crippen molar-refractivity contribution in [1.29, 1.82) is 0 Å². The summed E-state index contributed by atoms with van der Waals surface area (Å²) in [6.45, 7) is 8.91. The summed E-state index contributed by atoms with van der Waals surface area (Å²) in [5, 5.41) is 0. The molecule has 1 aromatic carbocycles. The summed E-state index contributed by atoms with van der Waals surface area (Å²) < 4.78 is 33.1. The summed E-state index contributed by atoms with van der Waals surface area (Å²) in [6, 6.07) is 3.70. The van der Waals surface area contributed by atoms with Gasteiger partial charge in [0.15, 0.2) is 0 Å². The minimum absolute atomic E-state index is 0.0318. The Labute approximate surface area is 222 Å². The molecule has 2 aliphatic rings. The Kier molecular flexibility index (Phi) is 10.1. The topological polar surface area (TPSA) is 90.5 Å². The number of piperidine rings is 2. The van der Waals surface area contributed by atoms with Crippen molar-refractivity contribution < 1.29 is 22.7 Å². The van der Waals surface area contributed by atoms with Gasteiger partial charge in [-0.05, 0) is 77.7 Å². The highest BCUT2D eigenvalue weighted by molar-refractivity contribution is 7.89. The zero-order chi connectivity index (χ0) is 27.3. The van der Waals surface area contributed by atoms with Crippen LogP contribution in [0.25, 0.3) is 0 Å². The molecule has 208 valence electrons. The van der Waals surface area contributed by atoms with Gasteiger partial charge >= 0.3 is 0 Å². The molecule has 0 spiro atoms. The van der Waals surface area contributed by atoms with Gasteiger partial charge in [-0.3, -0.25) is 9.59 Å². The minimum Gasteiger partial charge on any atom is -0.370 e. The SMILES string of the molecule is Cc1cc(C)c(S(=O)(=O)N(C)CCOCC(=O)N(C)C2CCCN(C(=O)C3CCN(C)CC3)C2)c(C)c1. The first-order valence-corrected chi connectivity index (χ1v) is 14.7. The van der Waals surface area contributed by atoms with E-state index in [1.54, 1.807) is 25.8 Å². The largest absolute Gasteiger partial charge is 0.370 e. The molecule has 3 rings (SSSR count).